The number of likely N-dealkylation sites (tertiary alicyclic amines) is 1. The average Bonchev–Trinajstić information content (AvgIpc) is 2.96. The maximum Gasteiger partial charge on any atom is 0.254 e. The number of aliphatic hydroxyl groups is 1. The van der Waals surface area contributed by atoms with Crippen molar-refractivity contribution in [3.8, 4) is 11.8 Å². The van der Waals surface area contributed by atoms with Crippen LogP contribution in [0.3, 0.4) is 0 Å². The van der Waals surface area contributed by atoms with E-state index in [0.29, 0.717) is 5.56 Å². The second-order valence-electron chi connectivity index (χ2n) is 3.66. The topological polar surface area (TPSA) is 40.5 Å². The molecule has 0 saturated carbocycles. The summed E-state index contributed by atoms with van der Waals surface area (Å²) in [6, 6.07) is 1.80. The normalized spacial score (nSPS) is 14.7. The lowest BCUT2D eigenvalue weighted by Gasteiger charge is -2.13. The standard InChI is InChI=1S/C12H13NO2S/c14-7-3-4-11-8-10(9-16-11)12(15)13-5-1-2-6-13/h8-9,14H,1-2,5-7H2. The molecule has 1 saturated heterocycles. The Morgan fingerprint density at radius 1 is 1.50 bits per heavy atom. The molecular weight excluding hydrogens is 222 g/mol. The highest BCUT2D eigenvalue weighted by atomic mass is 32.1. The summed E-state index contributed by atoms with van der Waals surface area (Å²) in [4.78, 5) is 14.7. The number of hydrogen-bond donors (Lipinski definition) is 1. The van der Waals surface area contributed by atoms with E-state index in [9.17, 15) is 4.79 Å². The van der Waals surface area contributed by atoms with Crippen molar-refractivity contribution < 1.29 is 9.90 Å². The van der Waals surface area contributed by atoms with Gasteiger partial charge in [-0.25, -0.2) is 0 Å². The fourth-order valence-corrected chi connectivity index (χ4v) is 2.49. The zero-order valence-corrected chi connectivity index (χ0v) is 9.72. The Bertz CT molecular complexity index is 435. The summed E-state index contributed by atoms with van der Waals surface area (Å²) >= 11 is 1.44. The van der Waals surface area contributed by atoms with Gasteiger partial charge in [-0.3, -0.25) is 4.79 Å². The van der Waals surface area contributed by atoms with E-state index in [2.05, 4.69) is 11.8 Å². The molecule has 2 heterocycles. The first-order valence-electron chi connectivity index (χ1n) is 5.29. The first kappa shape index (κ1) is 11.2. The van der Waals surface area contributed by atoms with Gasteiger partial charge in [0.25, 0.3) is 5.91 Å². The molecular formula is C12H13NO2S. The fourth-order valence-electron chi connectivity index (χ4n) is 1.74. The highest BCUT2D eigenvalue weighted by Crippen LogP contribution is 2.18. The summed E-state index contributed by atoms with van der Waals surface area (Å²) in [7, 11) is 0. The molecule has 1 aliphatic rings. The van der Waals surface area contributed by atoms with Gasteiger partial charge in [0.1, 0.15) is 6.61 Å². The van der Waals surface area contributed by atoms with Crippen LogP contribution < -0.4 is 0 Å². The van der Waals surface area contributed by atoms with Crippen molar-refractivity contribution >= 4 is 17.2 Å². The first-order chi connectivity index (χ1) is 7.81. The van der Waals surface area contributed by atoms with Gasteiger partial charge in [0.05, 0.1) is 10.4 Å². The molecule has 0 atom stereocenters. The number of thiophene rings is 1. The van der Waals surface area contributed by atoms with Crippen LogP contribution >= 0.6 is 11.3 Å². The molecule has 4 heteroatoms. The molecule has 16 heavy (non-hydrogen) atoms. The summed E-state index contributed by atoms with van der Waals surface area (Å²) in [5.74, 6) is 5.49. The highest BCUT2D eigenvalue weighted by Gasteiger charge is 2.20. The largest absolute Gasteiger partial charge is 0.384 e. The van der Waals surface area contributed by atoms with E-state index in [0.717, 1.165) is 30.8 Å². The SMILES string of the molecule is O=C(c1csc(C#CCO)c1)N1CCCC1. The second kappa shape index (κ2) is 5.15. The van der Waals surface area contributed by atoms with E-state index in [4.69, 9.17) is 5.11 Å². The van der Waals surface area contributed by atoms with Gasteiger partial charge in [0.2, 0.25) is 0 Å². The molecule has 2 rings (SSSR count). The summed E-state index contributed by atoms with van der Waals surface area (Å²) in [5, 5.41) is 10.4. The highest BCUT2D eigenvalue weighted by molar-refractivity contribution is 7.10. The molecule has 1 N–H and O–H groups in total. The maximum atomic E-state index is 12.0. The zero-order chi connectivity index (χ0) is 11.4. The van der Waals surface area contributed by atoms with Gasteiger partial charge in [-0.05, 0) is 18.9 Å². The van der Waals surface area contributed by atoms with E-state index in [1.807, 2.05) is 10.3 Å². The van der Waals surface area contributed by atoms with Gasteiger partial charge in [0, 0.05) is 18.5 Å². The van der Waals surface area contributed by atoms with Crippen molar-refractivity contribution in [2.75, 3.05) is 19.7 Å². The number of hydrogen-bond acceptors (Lipinski definition) is 3. The van der Waals surface area contributed by atoms with Crippen molar-refractivity contribution in [2.45, 2.75) is 12.8 Å². The van der Waals surface area contributed by atoms with Crippen LogP contribution in [0, 0.1) is 11.8 Å². The lowest BCUT2D eigenvalue weighted by Crippen LogP contribution is -2.27. The third-order valence-corrected chi connectivity index (χ3v) is 3.38. The van der Waals surface area contributed by atoms with E-state index in [1.165, 1.54) is 11.3 Å². The van der Waals surface area contributed by atoms with Crippen LogP contribution in [0.2, 0.25) is 0 Å². The predicted octanol–water partition coefficient (Wildman–Crippen LogP) is 1.33. The number of rotatable bonds is 1. The molecule has 0 unspecified atom stereocenters. The van der Waals surface area contributed by atoms with Crippen LogP contribution in [-0.4, -0.2) is 35.6 Å². The number of aliphatic hydroxyl groups excluding tert-OH is 1. The molecule has 1 fully saturated rings. The summed E-state index contributed by atoms with van der Waals surface area (Å²) in [5.41, 5.74) is 0.717. The van der Waals surface area contributed by atoms with Crippen molar-refractivity contribution in [1.82, 2.24) is 4.90 Å². The van der Waals surface area contributed by atoms with Crippen molar-refractivity contribution in [3.63, 3.8) is 0 Å². The fraction of sp³-hybridized carbons (Fsp3) is 0.417. The molecule has 0 aromatic carbocycles. The third-order valence-electron chi connectivity index (χ3n) is 2.53. The number of nitrogens with zero attached hydrogens (tertiary/aromatic N) is 1. The number of carbonyl (C=O) groups is 1. The Morgan fingerprint density at radius 3 is 2.94 bits per heavy atom. The molecule has 0 aliphatic carbocycles. The van der Waals surface area contributed by atoms with E-state index >= 15 is 0 Å². The monoisotopic (exact) mass is 235 g/mol. The zero-order valence-electron chi connectivity index (χ0n) is 8.90. The van der Waals surface area contributed by atoms with Gasteiger partial charge in [-0.2, -0.15) is 0 Å². The Morgan fingerprint density at radius 2 is 2.25 bits per heavy atom. The van der Waals surface area contributed by atoms with E-state index < -0.39 is 0 Å². The summed E-state index contributed by atoms with van der Waals surface area (Å²) in [6.07, 6.45) is 2.21. The average molecular weight is 235 g/mol. The second-order valence-corrected chi connectivity index (χ2v) is 4.57. The number of amides is 1. The molecule has 3 nitrogen and oxygen atoms in total. The van der Waals surface area contributed by atoms with Crippen LogP contribution in [0.4, 0.5) is 0 Å². The third kappa shape index (κ3) is 2.43. The smallest absolute Gasteiger partial charge is 0.254 e. The van der Waals surface area contributed by atoms with Gasteiger partial charge < -0.3 is 10.0 Å². The van der Waals surface area contributed by atoms with Crippen molar-refractivity contribution in [1.29, 1.82) is 0 Å². The van der Waals surface area contributed by atoms with E-state index in [1.54, 1.807) is 6.07 Å². The Balaban J connectivity index is 2.08. The minimum absolute atomic E-state index is 0.103. The minimum atomic E-state index is -0.146. The quantitative estimate of drug-likeness (QED) is 0.746. The molecule has 1 aliphatic heterocycles. The Kier molecular flexibility index (Phi) is 3.60. The molecule has 1 amide bonds. The molecule has 0 radical (unpaired) electrons. The molecule has 1 aromatic rings. The van der Waals surface area contributed by atoms with Gasteiger partial charge in [-0.1, -0.05) is 11.8 Å². The van der Waals surface area contributed by atoms with Crippen LogP contribution in [-0.2, 0) is 0 Å². The molecule has 1 aromatic heterocycles. The molecule has 84 valence electrons. The Hall–Kier alpha value is -1.31. The van der Waals surface area contributed by atoms with Gasteiger partial charge in [-0.15, -0.1) is 11.3 Å². The lowest BCUT2D eigenvalue weighted by molar-refractivity contribution is 0.0793. The molecule has 0 spiro atoms. The van der Waals surface area contributed by atoms with Crippen molar-refractivity contribution in [3.05, 3.63) is 21.9 Å². The number of carbonyl (C=O) groups excluding carboxylic acids is 1. The van der Waals surface area contributed by atoms with Gasteiger partial charge in [0.15, 0.2) is 0 Å². The van der Waals surface area contributed by atoms with Crippen LogP contribution in [0.5, 0.6) is 0 Å². The summed E-state index contributed by atoms with van der Waals surface area (Å²) in [6.45, 7) is 1.59. The Labute approximate surface area is 98.7 Å². The summed E-state index contributed by atoms with van der Waals surface area (Å²) < 4.78 is 0. The molecule has 0 bridgehead atoms. The van der Waals surface area contributed by atoms with Crippen LogP contribution in [0.15, 0.2) is 11.4 Å². The van der Waals surface area contributed by atoms with Crippen molar-refractivity contribution in [2.24, 2.45) is 0 Å². The van der Waals surface area contributed by atoms with E-state index in [-0.39, 0.29) is 12.5 Å². The van der Waals surface area contributed by atoms with Gasteiger partial charge >= 0.3 is 0 Å². The van der Waals surface area contributed by atoms with Crippen LogP contribution in [0.1, 0.15) is 28.1 Å². The van der Waals surface area contributed by atoms with Crippen LogP contribution in [0.25, 0.3) is 0 Å². The predicted molar refractivity (Wildman–Crippen MR) is 63.4 cm³/mol. The first-order valence-corrected chi connectivity index (χ1v) is 6.17. The lowest BCUT2D eigenvalue weighted by atomic mass is 10.2. The minimum Gasteiger partial charge on any atom is -0.384 e. The maximum absolute atomic E-state index is 12.0.